The van der Waals surface area contributed by atoms with E-state index in [1.165, 1.54) is 67.9 Å². The van der Waals surface area contributed by atoms with Gasteiger partial charge in [-0.2, -0.15) is 0 Å². The van der Waals surface area contributed by atoms with E-state index in [2.05, 4.69) is 21.9 Å². The summed E-state index contributed by atoms with van der Waals surface area (Å²) in [6.07, 6.45) is 11.4. The maximum Gasteiger partial charge on any atom is 0.262 e. The first-order valence-corrected chi connectivity index (χ1v) is 14.1. The van der Waals surface area contributed by atoms with Gasteiger partial charge in [-0.15, -0.1) is 11.3 Å². The van der Waals surface area contributed by atoms with Gasteiger partial charge in [-0.3, -0.25) is 19.2 Å². The molecule has 2 fully saturated rings. The van der Waals surface area contributed by atoms with Crippen LogP contribution < -0.4 is 10.3 Å². The molecular weight excluding hydrogens is 456 g/mol. The Kier molecular flexibility index (Phi) is 6.65. The summed E-state index contributed by atoms with van der Waals surface area (Å²) in [5.74, 6) is 0.855. The molecule has 0 radical (unpaired) electrons. The van der Waals surface area contributed by atoms with Crippen molar-refractivity contribution in [3.05, 3.63) is 57.0 Å². The molecule has 2 aromatic heterocycles. The van der Waals surface area contributed by atoms with Gasteiger partial charge in [-0.1, -0.05) is 25.0 Å². The fourth-order valence-electron chi connectivity index (χ4n) is 6.43. The molecule has 186 valence electrons. The fourth-order valence-corrected chi connectivity index (χ4v) is 7.68. The molecule has 3 heterocycles. The third kappa shape index (κ3) is 4.66. The Labute approximate surface area is 211 Å². The summed E-state index contributed by atoms with van der Waals surface area (Å²) in [4.78, 5) is 25.9. The van der Waals surface area contributed by atoms with Gasteiger partial charge in [0.25, 0.3) is 5.56 Å². The van der Waals surface area contributed by atoms with Crippen molar-refractivity contribution in [1.29, 1.82) is 0 Å². The number of ether oxygens (including phenoxy) is 1. The van der Waals surface area contributed by atoms with Gasteiger partial charge in [-0.05, 0) is 61.8 Å². The van der Waals surface area contributed by atoms with Gasteiger partial charge in [-0.25, -0.2) is 4.98 Å². The van der Waals surface area contributed by atoms with E-state index in [1.54, 1.807) is 29.3 Å². The molecule has 6 nitrogen and oxygen atoms in total. The normalized spacial score (nSPS) is 22.0. The standard InChI is InChI=1S/C28H36N4O2S/c1-34-23-9-6-20(7-10-23)12-13-32-19-29-27-26(28(32)33)24-11-8-22(18-25(24)35-27)31-16-14-30(15-17-31)21-4-2-3-5-21/h6-7,9-10,19,21-22H,2-5,8,11-18H2,1H3. The first kappa shape index (κ1) is 23.2. The molecular formula is C28H36N4O2S. The maximum absolute atomic E-state index is 13.4. The number of hydrogen-bond donors (Lipinski definition) is 0. The molecule has 1 saturated carbocycles. The maximum atomic E-state index is 13.4. The van der Waals surface area contributed by atoms with Crippen LogP contribution in [0.1, 0.15) is 48.1 Å². The molecule has 1 unspecified atom stereocenters. The average molecular weight is 493 g/mol. The van der Waals surface area contributed by atoms with E-state index in [1.807, 2.05) is 12.1 Å². The number of nitrogens with zero attached hydrogens (tertiary/aromatic N) is 4. The highest BCUT2D eigenvalue weighted by molar-refractivity contribution is 7.18. The molecule has 1 atom stereocenters. The van der Waals surface area contributed by atoms with Crippen LogP contribution in [0.4, 0.5) is 0 Å². The molecule has 0 N–H and O–H groups in total. The van der Waals surface area contributed by atoms with Gasteiger partial charge in [0.1, 0.15) is 10.6 Å². The lowest BCUT2D eigenvalue weighted by Gasteiger charge is -2.42. The Morgan fingerprint density at radius 3 is 2.43 bits per heavy atom. The van der Waals surface area contributed by atoms with E-state index >= 15 is 0 Å². The minimum Gasteiger partial charge on any atom is -0.497 e. The van der Waals surface area contributed by atoms with Crippen LogP contribution in [0.15, 0.2) is 35.4 Å². The smallest absolute Gasteiger partial charge is 0.262 e. The van der Waals surface area contributed by atoms with Crippen LogP contribution in [-0.4, -0.2) is 64.7 Å². The second-order valence-corrected chi connectivity index (χ2v) is 11.5. The molecule has 0 spiro atoms. The summed E-state index contributed by atoms with van der Waals surface area (Å²) in [6.45, 7) is 5.48. The zero-order valence-corrected chi connectivity index (χ0v) is 21.6. The van der Waals surface area contributed by atoms with Crippen LogP contribution in [0, 0.1) is 0 Å². The number of fused-ring (bicyclic) bond motifs is 3. The van der Waals surface area contributed by atoms with Crippen LogP contribution in [0.25, 0.3) is 10.2 Å². The van der Waals surface area contributed by atoms with E-state index in [0.717, 1.165) is 47.7 Å². The molecule has 6 rings (SSSR count). The molecule has 0 bridgehead atoms. The predicted molar refractivity (Wildman–Crippen MR) is 142 cm³/mol. The second-order valence-electron chi connectivity index (χ2n) is 10.4. The van der Waals surface area contributed by atoms with Gasteiger partial charge in [0.05, 0.1) is 18.8 Å². The Bertz CT molecular complexity index is 1220. The molecule has 3 aliphatic rings. The lowest BCUT2D eigenvalue weighted by molar-refractivity contribution is 0.0661. The number of benzene rings is 1. The minimum absolute atomic E-state index is 0.129. The van der Waals surface area contributed by atoms with Crippen LogP contribution in [0.2, 0.25) is 0 Å². The number of rotatable bonds is 6. The van der Waals surface area contributed by atoms with Crippen LogP contribution in [0.3, 0.4) is 0 Å². The molecule has 35 heavy (non-hydrogen) atoms. The summed E-state index contributed by atoms with van der Waals surface area (Å²) in [7, 11) is 1.68. The number of aryl methyl sites for hydroxylation is 3. The summed E-state index contributed by atoms with van der Waals surface area (Å²) in [5.41, 5.74) is 2.60. The van der Waals surface area contributed by atoms with Gasteiger partial charge in [0.2, 0.25) is 0 Å². The van der Waals surface area contributed by atoms with Crippen LogP contribution >= 0.6 is 11.3 Å². The van der Waals surface area contributed by atoms with Gasteiger partial charge < -0.3 is 4.74 Å². The largest absolute Gasteiger partial charge is 0.497 e. The van der Waals surface area contributed by atoms with Gasteiger partial charge in [0.15, 0.2) is 0 Å². The van der Waals surface area contributed by atoms with Crippen molar-refractivity contribution < 1.29 is 4.74 Å². The SMILES string of the molecule is COc1ccc(CCn2cnc3sc4c(c3c2=O)CCC(N2CCN(C3CCCC3)CC2)C4)cc1. The Hall–Kier alpha value is -2.22. The highest BCUT2D eigenvalue weighted by atomic mass is 32.1. The first-order valence-electron chi connectivity index (χ1n) is 13.3. The number of methoxy groups -OCH3 is 1. The quantitative estimate of drug-likeness (QED) is 0.518. The topological polar surface area (TPSA) is 50.6 Å². The van der Waals surface area contributed by atoms with Gasteiger partial charge in [0, 0.05) is 49.7 Å². The number of thiophene rings is 1. The fraction of sp³-hybridized carbons (Fsp3) is 0.571. The van der Waals surface area contributed by atoms with Crippen LogP contribution in [0.5, 0.6) is 5.75 Å². The molecule has 3 aromatic rings. The monoisotopic (exact) mass is 492 g/mol. The van der Waals surface area contributed by atoms with Crippen molar-refractivity contribution in [2.45, 2.75) is 70.0 Å². The minimum atomic E-state index is 0.129. The zero-order chi connectivity index (χ0) is 23.8. The van der Waals surface area contributed by atoms with Crippen molar-refractivity contribution in [1.82, 2.24) is 19.4 Å². The van der Waals surface area contributed by atoms with Crippen molar-refractivity contribution in [2.24, 2.45) is 0 Å². The third-order valence-corrected chi connectivity index (χ3v) is 9.68. The Balaban J connectivity index is 1.13. The van der Waals surface area contributed by atoms with E-state index < -0.39 is 0 Å². The Morgan fingerprint density at radius 1 is 1.00 bits per heavy atom. The molecule has 7 heteroatoms. The second kappa shape index (κ2) is 10.0. The van der Waals surface area contributed by atoms with E-state index in [4.69, 9.17) is 9.72 Å². The lowest BCUT2D eigenvalue weighted by atomic mass is 9.91. The molecule has 1 aromatic carbocycles. The van der Waals surface area contributed by atoms with Crippen molar-refractivity contribution in [3.63, 3.8) is 0 Å². The van der Waals surface area contributed by atoms with Crippen molar-refractivity contribution in [3.8, 4) is 5.75 Å². The number of hydrogen-bond acceptors (Lipinski definition) is 6. The predicted octanol–water partition coefficient (Wildman–Crippen LogP) is 4.13. The third-order valence-electron chi connectivity index (χ3n) is 8.52. The van der Waals surface area contributed by atoms with Crippen molar-refractivity contribution >= 4 is 21.6 Å². The highest BCUT2D eigenvalue weighted by Gasteiger charge is 2.32. The summed E-state index contributed by atoms with van der Waals surface area (Å²) in [6, 6.07) is 9.53. The number of piperazine rings is 1. The van der Waals surface area contributed by atoms with Crippen molar-refractivity contribution in [2.75, 3.05) is 33.3 Å². The van der Waals surface area contributed by atoms with Crippen LogP contribution in [-0.2, 0) is 25.8 Å². The van der Waals surface area contributed by atoms with E-state index in [0.29, 0.717) is 12.6 Å². The molecule has 1 saturated heterocycles. The number of aromatic nitrogens is 2. The lowest BCUT2D eigenvalue weighted by Crippen LogP contribution is -2.53. The summed E-state index contributed by atoms with van der Waals surface area (Å²) < 4.78 is 7.05. The molecule has 1 aliphatic heterocycles. The van der Waals surface area contributed by atoms with Gasteiger partial charge >= 0.3 is 0 Å². The van der Waals surface area contributed by atoms with E-state index in [9.17, 15) is 4.79 Å². The first-order chi connectivity index (χ1) is 17.2. The Morgan fingerprint density at radius 2 is 1.71 bits per heavy atom. The highest BCUT2D eigenvalue weighted by Crippen LogP contribution is 2.35. The average Bonchev–Trinajstić information content (AvgIpc) is 3.57. The summed E-state index contributed by atoms with van der Waals surface area (Å²) >= 11 is 1.75. The summed E-state index contributed by atoms with van der Waals surface area (Å²) in [5, 5.41) is 0.881. The molecule has 2 aliphatic carbocycles. The zero-order valence-electron chi connectivity index (χ0n) is 20.7. The van der Waals surface area contributed by atoms with E-state index in [-0.39, 0.29) is 5.56 Å². The molecule has 0 amide bonds.